The molecule has 0 heteroatoms. The molecule has 0 amide bonds. The Morgan fingerprint density at radius 3 is 1.38 bits per heavy atom. The number of allylic oxidation sites excluding steroid dienone is 4. The third-order valence-electron chi connectivity index (χ3n) is 1.23. The highest BCUT2D eigenvalue weighted by Gasteiger charge is 1.82. The van der Waals surface area contributed by atoms with Crippen LogP contribution < -0.4 is 0 Å². The highest BCUT2D eigenvalue weighted by atomic mass is 13.9. The summed E-state index contributed by atoms with van der Waals surface area (Å²) in [6.45, 7) is 11.3. The zero-order valence-electron chi connectivity index (χ0n) is 5.57. The van der Waals surface area contributed by atoms with Crippen LogP contribution in [0.3, 0.4) is 0 Å². The smallest absolute Gasteiger partial charge is 0.0395 e. The molecule has 0 aliphatic rings. The first-order valence-electron chi connectivity index (χ1n) is 2.64. The van der Waals surface area contributed by atoms with Crippen molar-refractivity contribution in [3.8, 4) is 0 Å². The van der Waals surface area contributed by atoms with Crippen LogP contribution >= 0.6 is 0 Å². The lowest BCUT2D eigenvalue weighted by molar-refractivity contribution is 1.39. The molecule has 0 aromatic rings. The lowest BCUT2D eigenvalue weighted by atomic mass is 10.1. The van der Waals surface area contributed by atoms with Gasteiger partial charge in [-0.05, 0) is 25.0 Å². The Kier molecular flexibility index (Phi) is 2.93. The average Bonchev–Trinajstić information content (AvgIpc) is 1.84. The molecule has 0 atom stereocenters. The van der Waals surface area contributed by atoms with Crippen LogP contribution in [0.2, 0.25) is 0 Å². The van der Waals surface area contributed by atoms with Gasteiger partial charge in [-0.3, -0.25) is 0 Å². The minimum Gasteiger partial charge on any atom is -0.0988 e. The maximum atomic E-state index is 3.62. The molecule has 0 rings (SSSR count). The van der Waals surface area contributed by atoms with Crippen LogP contribution in [-0.4, -0.2) is 0 Å². The van der Waals surface area contributed by atoms with Gasteiger partial charge in [-0.1, -0.05) is 25.3 Å². The molecule has 0 fully saturated rings. The van der Waals surface area contributed by atoms with E-state index in [4.69, 9.17) is 0 Å². The molecule has 0 nitrogen and oxygen atoms in total. The predicted octanol–water partition coefficient (Wildman–Crippen LogP) is 2.69. The molecule has 0 aliphatic carbocycles. The topological polar surface area (TPSA) is 0 Å². The van der Waals surface area contributed by atoms with Gasteiger partial charge in [-0.25, -0.2) is 0 Å². The minimum atomic E-state index is 1.19. The van der Waals surface area contributed by atoms with E-state index in [-0.39, 0.29) is 0 Å². The van der Waals surface area contributed by atoms with Crippen molar-refractivity contribution in [2.24, 2.45) is 0 Å². The molecule has 0 unspecified atom stereocenters. The Morgan fingerprint density at radius 1 is 1.00 bits per heavy atom. The van der Waals surface area contributed by atoms with Crippen molar-refractivity contribution in [1.29, 1.82) is 0 Å². The quantitative estimate of drug-likeness (QED) is 0.477. The monoisotopic (exact) mass is 108 g/mol. The van der Waals surface area contributed by atoms with Crippen molar-refractivity contribution in [2.45, 2.75) is 13.8 Å². The van der Waals surface area contributed by atoms with Crippen molar-refractivity contribution in [3.63, 3.8) is 0 Å². The fourth-order valence-electron chi connectivity index (χ4n) is 0.322. The highest BCUT2D eigenvalue weighted by Crippen LogP contribution is 2.02. The maximum Gasteiger partial charge on any atom is -0.0395 e. The summed E-state index contributed by atoms with van der Waals surface area (Å²) in [7, 11) is 0. The molecule has 0 aromatic heterocycles. The van der Waals surface area contributed by atoms with Gasteiger partial charge in [0.2, 0.25) is 0 Å². The lowest BCUT2D eigenvalue weighted by Crippen LogP contribution is -1.71. The SMILES string of the molecule is C=C/C(C)=C(/C)C=C. The van der Waals surface area contributed by atoms with E-state index in [1.54, 1.807) is 0 Å². The summed E-state index contributed by atoms with van der Waals surface area (Å²) >= 11 is 0. The minimum absolute atomic E-state index is 1.19. The molecular formula is C8H12. The zero-order valence-corrected chi connectivity index (χ0v) is 5.57. The first-order chi connectivity index (χ1) is 3.72. The molecule has 44 valence electrons. The van der Waals surface area contributed by atoms with Gasteiger partial charge in [0.15, 0.2) is 0 Å². The maximum absolute atomic E-state index is 3.62. The van der Waals surface area contributed by atoms with E-state index in [1.165, 1.54) is 11.1 Å². The number of hydrogen-bond acceptors (Lipinski definition) is 0. The Bertz CT molecular complexity index is 111. The van der Waals surface area contributed by atoms with Crippen molar-refractivity contribution in [2.75, 3.05) is 0 Å². The third kappa shape index (κ3) is 1.78. The molecule has 0 aromatic carbocycles. The van der Waals surface area contributed by atoms with Gasteiger partial charge in [0.05, 0.1) is 0 Å². The van der Waals surface area contributed by atoms with E-state index in [2.05, 4.69) is 13.2 Å². The van der Waals surface area contributed by atoms with Crippen LogP contribution in [0, 0.1) is 0 Å². The Balaban J connectivity index is 4.25. The molecule has 0 heterocycles. The van der Waals surface area contributed by atoms with E-state index in [0.29, 0.717) is 0 Å². The molecule has 8 heavy (non-hydrogen) atoms. The van der Waals surface area contributed by atoms with Gasteiger partial charge >= 0.3 is 0 Å². The summed E-state index contributed by atoms with van der Waals surface area (Å²) in [5.74, 6) is 0. The van der Waals surface area contributed by atoms with Crippen LogP contribution in [0.15, 0.2) is 36.5 Å². The Hall–Kier alpha value is -0.780. The highest BCUT2D eigenvalue weighted by molar-refractivity contribution is 5.27. The molecule has 0 radical (unpaired) electrons. The van der Waals surface area contributed by atoms with E-state index >= 15 is 0 Å². The first-order valence-corrected chi connectivity index (χ1v) is 2.64. The van der Waals surface area contributed by atoms with Gasteiger partial charge in [0.25, 0.3) is 0 Å². The molecule has 0 spiro atoms. The summed E-state index contributed by atoms with van der Waals surface area (Å²) in [5.41, 5.74) is 2.39. The average molecular weight is 108 g/mol. The van der Waals surface area contributed by atoms with Crippen LogP contribution in [0.25, 0.3) is 0 Å². The summed E-state index contributed by atoms with van der Waals surface area (Å²) in [5, 5.41) is 0. The van der Waals surface area contributed by atoms with Crippen LogP contribution in [-0.2, 0) is 0 Å². The van der Waals surface area contributed by atoms with E-state index < -0.39 is 0 Å². The van der Waals surface area contributed by atoms with E-state index in [0.717, 1.165) is 0 Å². The van der Waals surface area contributed by atoms with Crippen molar-refractivity contribution >= 4 is 0 Å². The van der Waals surface area contributed by atoms with Gasteiger partial charge in [-0.2, -0.15) is 0 Å². The van der Waals surface area contributed by atoms with Crippen LogP contribution in [0.4, 0.5) is 0 Å². The first kappa shape index (κ1) is 7.22. The zero-order chi connectivity index (χ0) is 6.57. The predicted molar refractivity (Wildman–Crippen MR) is 38.8 cm³/mol. The third-order valence-corrected chi connectivity index (χ3v) is 1.23. The van der Waals surface area contributed by atoms with Crippen molar-refractivity contribution < 1.29 is 0 Å². The summed E-state index contributed by atoms with van der Waals surface area (Å²) in [6.07, 6.45) is 3.66. The van der Waals surface area contributed by atoms with Gasteiger partial charge in [0.1, 0.15) is 0 Å². The fourth-order valence-corrected chi connectivity index (χ4v) is 0.322. The van der Waals surface area contributed by atoms with Gasteiger partial charge in [-0.15, -0.1) is 0 Å². The summed E-state index contributed by atoms with van der Waals surface area (Å²) < 4.78 is 0. The molecule has 0 aliphatic heterocycles. The second-order valence-corrected chi connectivity index (χ2v) is 1.77. The standard InChI is InChI=1S/C8H12/c1-5-7(3)8(4)6-2/h5-6H,1-2H2,3-4H3/b8-7-. The molecule has 0 N–H and O–H groups in total. The normalized spacial score (nSPS) is 12.2. The Morgan fingerprint density at radius 2 is 1.25 bits per heavy atom. The van der Waals surface area contributed by atoms with Crippen LogP contribution in [0.1, 0.15) is 13.8 Å². The van der Waals surface area contributed by atoms with E-state index in [1.807, 2.05) is 26.0 Å². The molecular weight excluding hydrogens is 96.1 g/mol. The van der Waals surface area contributed by atoms with Gasteiger partial charge in [0, 0.05) is 0 Å². The Labute approximate surface area is 51.2 Å². The lowest BCUT2D eigenvalue weighted by Gasteiger charge is -1.92. The number of hydrogen-bond donors (Lipinski definition) is 0. The van der Waals surface area contributed by atoms with Crippen molar-refractivity contribution in [3.05, 3.63) is 36.5 Å². The summed E-state index contributed by atoms with van der Waals surface area (Å²) in [4.78, 5) is 0. The fraction of sp³-hybridized carbons (Fsp3) is 0.250. The van der Waals surface area contributed by atoms with Crippen molar-refractivity contribution in [1.82, 2.24) is 0 Å². The molecule has 0 bridgehead atoms. The van der Waals surface area contributed by atoms with Gasteiger partial charge < -0.3 is 0 Å². The second kappa shape index (κ2) is 3.25. The molecule has 0 saturated heterocycles. The largest absolute Gasteiger partial charge is 0.0988 e. The van der Waals surface area contributed by atoms with Crippen LogP contribution in [0.5, 0.6) is 0 Å². The van der Waals surface area contributed by atoms with E-state index in [9.17, 15) is 0 Å². The molecule has 0 saturated carbocycles. The summed E-state index contributed by atoms with van der Waals surface area (Å²) in [6, 6.07) is 0. The number of rotatable bonds is 2. The second-order valence-electron chi connectivity index (χ2n) is 1.77.